The smallest absolute Gasteiger partial charge is 0.0606 e. The van der Waals surface area contributed by atoms with Crippen molar-refractivity contribution in [2.45, 2.75) is 12.8 Å². The van der Waals surface area contributed by atoms with Crippen molar-refractivity contribution in [3.8, 4) is 0 Å². The van der Waals surface area contributed by atoms with E-state index in [-0.39, 0.29) is 0 Å². The van der Waals surface area contributed by atoms with Gasteiger partial charge in [0.2, 0.25) is 0 Å². The molecule has 0 unspecified atom stereocenters. The lowest BCUT2D eigenvalue weighted by Gasteiger charge is -2.19. The normalized spacial score (nSPS) is 15.3. The Bertz CT molecular complexity index is 268. The predicted molar refractivity (Wildman–Crippen MR) is 47.7 cm³/mol. The fourth-order valence-electron chi connectivity index (χ4n) is 1.54. The molecule has 0 saturated heterocycles. The van der Waals surface area contributed by atoms with E-state index in [0.29, 0.717) is 0 Å². The first-order valence-corrected chi connectivity index (χ1v) is 3.99. The summed E-state index contributed by atoms with van der Waals surface area (Å²) in [6.07, 6.45) is 2.38. The first-order chi connectivity index (χ1) is 5.38. The number of para-hydroxylation sites is 1. The average molecular weight is 148 g/mol. The second-order valence-electron chi connectivity index (χ2n) is 2.91. The Labute approximate surface area is 66.4 Å². The third kappa shape index (κ3) is 1.04. The largest absolute Gasteiger partial charge is 0.397 e. The maximum atomic E-state index is 5.78. The lowest BCUT2D eigenvalue weighted by molar-refractivity contribution is 0.831. The second kappa shape index (κ2) is 2.46. The summed E-state index contributed by atoms with van der Waals surface area (Å²) in [7, 11) is 0. The molecule has 1 aromatic carbocycles. The summed E-state index contributed by atoms with van der Waals surface area (Å²) >= 11 is 0. The lowest BCUT2D eigenvalue weighted by Crippen LogP contribution is -2.13. The van der Waals surface area contributed by atoms with Crippen LogP contribution >= 0.6 is 0 Å². The average Bonchev–Trinajstić information content (AvgIpc) is 2.06. The zero-order valence-electron chi connectivity index (χ0n) is 6.43. The zero-order valence-corrected chi connectivity index (χ0v) is 6.43. The van der Waals surface area contributed by atoms with Crippen molar-refractivity contribution in [3.05, 3.63) is 23.8 Å². The molecule has 0 radical (unpaired) electrons. The van der Waals surface area contributed by atoms with Crippen LogP contribution in [0.4, 0.5) is 11.4 Å². The van der Waals surface area contributed by atoms with Gasteiger partial charge in [-0.2, -0.15) is 0 Å². The predicted octanol–water partition coefficient (Wildman–Crippen LogP) is 1.63. The van der Waals surface area contributed by atoms with Crippen LogP contribution in [-0.2, 0) is 6.42 Å². The summed E-state index contributed by atoms with van der Waals surface area (Å²) in [5.74, 6) is 0. The number of nitrogens with two attached hydrogens (primary N) is 1. The summed E-state index contributed by atoms with van der Waals surface area (Å²) in [6.45, 7) is 1.06. The number of hydrogen-bond acceptors (Lipinski definition) is 2. The topological polar surface area (TPSA) is 38.0 Å². The van der Waals surface area contributed by atoms with Gasteiger partial charge in [0.25, 0.3) is 0 Å². The number of hydrogen-bond donors (Lipinski definition) is 2. The van der Waals surface area contributed by atoms with Crippen LogP contribution in [0.25, 0.3) is 0 Å². The number of rotatable bonds is 0. The second-order valence-corrected chi connectivity index (χ2v) is 2.91. The van der Waals surface area contributed by atoms with E-state index >= 15 is 0 Å². The lowest BCUT2D eigenvalue weighted by atomic mass is 10.0. The Kier molecular flexibility index (Phi) is 1.46. The van der Waals surface area contributed by atoms with Crippen LogP contribution in [0, 0.1) is 0 Å². The summed E-state index contributed by atoms with van der Waals surface area (Å²) in [4.78, 5) is 0. The molecule has 0 spiro atoms. The van der Waals surface area contributed by atoms with Crippen molar-refractivity contribution in [1.82, 2.24) is 0 Å². The van der Waals surface area contributed by atoms with E-state index in [1.165, 1.54) is 12.0 Å². The number of aryl methyl sites for hydroxylation is 1. The Morgan fingerprint density at radius 2 is 2.27 bits per heavy atom. The molecule has 2 nitrogen and oxygen atoms in total. The monoisotopic (exact) mass is 148 g/mol. The summed E-state index contributed by atoms with van der Waals surface area (Å²) in [5, 5.41) is 3.31. The number of nitrogens with one attached hydrogen (secondary N) is 1. The van der Waals surface area contributed by atoms with E-state index < -0.39 is 0 Å². The Morgan fingerprint density at radius 1 is 1.36 bits per heavy atom. The molecular formula is C9H12N2. The summed E-state index contributed by atoms with van der Waals surface area (Å²) in [5.41, 5.74) is 9.17. The zero-order chi connectivity index (χ0) is 7.68. The van der Waals surface area contributed by atoms with Gasteiger partial charge in [-0.15, -0.1) is 0 Å². The van der Waals surface area contributed by atoms with E-state index in [2.05, 4.69) is 11.4 Å². The molecule has 1 aliphatic rings. The minimum Gasteiger partial charge on any atom is -0.397 e. The highest BCUT2D eigenvalue weighted by molar-refractivity contribution is 5.70. The molecule has 0 bridgehead atoms. The van der Waals surface area contributed by atoms with Gasteiger partial charge in [-0.3, -0.25) is 0 Å². The number of fused-ring (bicyclic) bond motifs is 1. The van der Waals surface area contributed by atoms with Gasteiger partial charge in [-0.1, -0.05) is 12.1 Å². The highest BCUT2D eigenvalue weighted by Gasteiger charge is 2.09. The standard InChI is InChI=1S/C9H12N2/c10-8-5-1-3-7-4-2-6-11-9(7)8/h1,3,5,11H,2,4,6,10H2. The molecule has 0 aromatic heterocycles. The van der Waals surface area contributed by atoms with E-state index in [4.69, 9.17) is 5.73 Å². The van der Waals surface area contributed by atoms with E-state index in [1.54, 1.807) is 0 Å². The van der Waals surface area contributed by atoms with E-state index in [1.807, 2.05) is 12.1 Å². The van der Waals surface area contributed by atoms with Gasteiger partial charge in [0, 0.05) is 6.54 Å². The van der Waals surface area contributed by atoms with Crippen molar-refractivity contribution in [2.75, 3.05) is 17.6 Å². The van der Waals surface area contributed by atoms with Crippen molar-refractivity contribution in [3.63, 3.8) is 0 Å². The van der Waals surface area contributed by atoms with Crippen LogP contribution in [0.2, 0.25) is 0 Å². The maximum absolute atomic E-state index is 5.78. The quantitative estimate of drug-likeness (QED) is 0.549. The van der Waals surface area contributed by atoms with Crippen LogP contribution in [0.15, 0.2) is 18.2 Å². The van der Waals surface area contributed by atoms with Crippen molar-refractivity contribution in [1.29, 1.82) is 0 Å². The SMILES string of the molecule is Nc1cccc2c1NCCC2. The molecule has 1 aliphatic heterocycles. The summed E-state index contributed by atoms with van der Waals surface area (Å²) < 4.78 is 0. The first-order valence-electron chi connectivity index (χ1n) is 3.99. The van der Waals surface area contributed by atoms with Gasteiger partial charge >= 0.3 is 0 Å². The van der Waals surface area contributed by atoms with E-state index in [9.17, 15) is 0 Å². The molecule has 1 heterocycles. The van der Waals surface area contributed by atoms with Crippen LogP contribution in [0.3, 0.4) is 0 Å². The minimum absolute atomic E-state index is 0.877. The summed E-state index contributed by atoms with van der Waals surface area (Å²) in [6, 6.07) is 6.09. The maximum Gasteiger partial charge on any atom is 0.0606 e. The van der Waals surface area contributed by atoms with Crippen LogP contribution in [-0.4, -0.2) is 6.54 Å². The first kappa shape index (κ1) is 6.53. The van der Waals surface area contributed by atoms with Gasteiger partial charge in [-0.05, 0) is 24.5 Å². The van der Waals surface area contributed by atoms with Gasteiger partial charge in [0.15, 0.2) is 0 Å². The molecule has 0 fully saturated rings. The Hall–Kier alpha value is -1.18. The van der Waals surface area contributed by atoms with Crippen molar-refractivity contribution >= 4 is 11.4 Å². The number of anilines is 2. The fourth-order valence-corrected chi connectivity index (χ4v) is 1.54. The third-order valence-corrected chi connectivity index (χ3v) is 2.11. The van der Waals surface area contributed by atoms with E-state index in [0.717, 1.165) is 24.3 Å². The molecule has 0 aliphatic carbocycles. The highest BCUT2D eigenvalue weighted by Crippen LogP contribution is 2.27. The van der Waals surface area contributed by atoms with Gasteiger partial charge in [0.05, 0.1) is 11.4 Å². The minimum atomic E-state index is 0.877. The Morgan fingerprint density at radius 3 is 3.09 bits per heavy atom. The molecule has 3 N–H and O–H groups in total. The van der Waals surface area contributed by atoms with Crippen molar-refractivity contribution in [2.24, 2.45) is 0 Å². The van der Waals surface area contributed by atoms with Crippen LogP contribution in [0.1, 0.15) is 12.0 Å². The van der Waals surface area contributed by atoms with Gasteiger partial charge in [0.1, 0.15) is 0 Å². The molecule has 0 saturated carbocycles. The molecule has 11 heavy (non-hydrogen) atoms. The molecule has 2 rings (SSSR count). The Balaban J connectivity index is 2.49. The van der Waals surface area contributed by atoms with Crippen molar-refractivity contribution < 1.29 is 0 Å². The molecule has 1 aromatic rings. The highest BCUT2D eigenvalue weighted by atomic mass is 14.9. The van der Waals surface area contributed by atoms with Crippen LogP contribution < -0.4 is 11.1 Å². The molecular weight excluding hydrogens is 136 g/mol. The number of benzene rings is 1. The van der Waals surface area contributed by atoms with Crippen LogP contribution in [0.5, 0.6) is 0 Å². The molecule has 0 atom stereocenters. The third-order valence-electron chi connectivity index (χ3n) is 2.11. The number of nitrogen functional groups attached to an aromatic ring is 1. The molecule has 58 valence electrons. The molecule has 0 amide bonds. The van der Waals surface area contributed by atoms with Gasteiger partial charge in [-0.25, -0.2) is 0 Å². The molecule has 2 heteroatoms. The van der Waals surface area contributed by atoms with Gasteiger partial charge < -0.3 is 11.1 Å². The fraction of sp³-hybridized carbons (Fsp3) is 0.333.